The van der Waals surface area contributed by atoms with Crippen LogP contribution in [0.2, 0.25) is 0 Å². The van der Waals surface area contributed by atoms with E-state index in [2.05, 4.69) is 10.3 Å². The first-order valence-electron chi connectivity index (χ1n) is 9.44. The number of anilines is 1. The normalized spacial score (nSPS) is 24.0. The fraction of sp³-hybridized carbons (Fsp3) is 0.529. The van der Waals surface area contributed by atoms with Gasteiger partial charge in [-0.25, -0.2) is 4.79 Å². The van der Waals surface area contributed by atoms with Crippen molar-refractivity contribution in [1.29, 1.82) is 0 Å². The first-order valence-corrected chi connectivity index (χ1v) is 9.44. The van der Waals surface area contributed by atoms with E-state index in [1.54, 1.807) is 0 Å². The van der Waals surface area contributed by atoms with Gasteiger partial charge in [0.1, 0.15) is 30.1 Å². The molecule has 6 atom stereocenters. The molecule has 1 aliphatic heterocycles. The van der Waals surface area contributed by atoms with Gasteiger partial charge in [-0.1, -0.05) is 0 Å². The Balaban J connectivity index is 2.11. The van der Waals surface area contributed by atoms with Gasteiger partial charge in [0.05, 0.1) is 19.4 Å². The molecular formula is C17H23N5O11. The summed E-state index contributed by atoms with van der Waals surface area (Å²) in [4.78, 5) is 61.1. The molecule has 1 amide bonds. The molecule has 9 N–H and O–H groups in total. The molecule has 0 radical (unpaired) electrons. The minimum absolute atomic E-state index is 0.226. The van der Waals surface area contributed by atoms with Crippen LogP contribution in [0.25, 0.3) is 0 Å². The van der Waals surface area contributed by atoms with Crippen LogP contribution in [0.1, 0.15) is 19.1 Å². The van der Waals surface area contributed by atoms with Crippen molar-refractivity contribution in [1.82, 2.24) is 9.55 Å². The highest BCUT2D eigenvalue weighted by Crippen LogP contribution is 2.30. The number of aromatic nitrogens is 2. The van der Waals surface area contributed by atoms with Gasteiger partial charge in [-0.05, 0) is 6.07 Å². The van der Waals surface area contributed by atoms with Crippen molar-refractivity contribution in [2.45, 2.75) is 49.5 Å². The molecular weight excluding hydrogens is 450 g/mol. The number of carbonyl (C=O) groups excluding carboxylic acids is 2. The molecule has 16 heteroatoms. The highest BCUT2D eigenvalue weighted by atomic mass is 16.6. The fourth-order valence-electron chi connectivity index (χ4n) is 2.87. The summed E-state index contributed by atoms with van der Waals surface area (Å²) in [5.74, 6) is -4.94. The Kier molecular flexibility index (Phi) is 8.55. The standard InChI is InChI=1S/C17H23N5O11/c18-6(15(27)28)3-10(24)20-9-1-2-22(17(31)21-9)14-12(26)13(8(5-23)32-14)33-11(25)4-7(19)16(29)30/h1-2,6-8,12-14,23,26H,3-5,18-19H2,(H,27,28)(H,29,30)(H,20,21,24,31)/t6-,7-,8+,12?,13?,14+/m0/s1. The number of amides is 1. The number of carbonyl (C=O) groups is 4. The van der Waals surface area contributed by atoms with E-state index in [1.807, 2.05) is 0 Å². The first kappa shape index (κ1) is 25.8. The van der Waals surface area contributed by atoms with E-state index in [1.165, 1.54) is 0 Å². The molecule has 1 fully saturated rings. The number of hydrogen-bond donors (Lipinski definition) is 7. The van der Waals surface area contributed by atoms with Gasteiger partial charge in [-0.3, -0.25) is 23.7 Å². The summed E-state index contributed by atoms with van der Waals surface area (Å²) in [5, 5.41) is 39.6. The first-order chi connectivity index (χ1) is 15.4. The molecule has 2 heterocycles. The van der Waals surface area contributed by atoms with Gasteiger partial charge in [0, 0.05) is 6.20 Å². The number of rotatable bonds is 10. The Labute approximate surface area is 184 Å². The average Bonchev–Trinajstić information content (AvgIpc) is 3.03. The summed E-state index contributed by atoms with van der Waals surface area (Å²) in [6.07, 6.45) is -5.98. The smallest absolute Gasteiger partial charge is 0.351 e. The van der Waals surface area contributed by atoms with Crippen LogP contribution in [0.4, 0.5) is 5.82 Å². The third-order valence-corrected chi connectivity index (χ3v) is 4.55. The number of aliphatic hydroxyl groups excluding tert-OH is 2. The lowest BCUT2D eigenvalue weighted by molar-refractivity contribution is -0.159. The summed E-state index contributed by atoms with van der Waals surface area (Å²) in [6, 6.07) is -1.84. The fourth-order valence-corrected chi connectivity index (χ4v) is 2.87. The van der Waals surface area contributed by atoms with E-state index < -0.39 is 85.6 Å². The molecule has 1 aliphatic rings. The largest absolute Gasteiger partial charge is 0.480 e. The van der Waals surface area contributed by atoms with Crippen molar-refractivity contribution >= 4 is 29.6 Å². The van der Waals surface area contributed by atoms with Gasteiger partial charge in [0.15, 0.2) is 12.3 Å². The molecule has 2 rings (SSSR count). The third-order valence-electron chi connectivity index (χ3n) is 4.55. The molecule has 1 aromatic heterocycles. The minimum Gasteiger partial charge on any atom is -0.480 e. The molecule has 0 spiro atoms. The zero-order chi connectivity index (χ0) is 24.9. The Morgan fingerprint density at radius 2 is 1.79 bits per heavy atom. The van der Waals surface area contributed by atoms with Crippen LogP contribution >= 0.6 is 0 Å². The van der Waals surface area contributed by atoms with E-state index in [0.29, 0.717) is 0 Å². The van der Waals surface area contributed by atoms with Gasteiger partial charge in [-0.2, -0.15) is 4.98 Å². The number of carboxylic acids is 2. The van der Waals surface area contributed by atoms with Crippen LogP contribution in [0.15, 0.2) is 17.1 Å². The van der Waals surface area contributed by atoms with Gasteiger partial charge < -0.3 is 46.7 Å². The number of aliphatic hydroxyl groups is 2. The minimum atomic E-state index is -1.65. The van der Waals surface area contributed by atoms with Crippen LogP contribution in [0.5, 0.6) is 0 Å². The lowest BCUT2D eigenvalue weighted by Gasteiger charge is -2.20. The second-order valence-electron chi connectivity index (χ2n) is 7.04. The molecule has 1 saturated heterocycles. The Morgan fingerprint density at radius 1 is 1.18 bits per heavy atom. The van der Waals surface area contributed by atoms with Crippen molar-refractivity contribution in [3.05, 3.63) is 22.7 Å². The van der Waals surface area contributed by atoms with E-state index in [-0.39, 0.29) is 5.82 Å². The second kappa shape index (κ2) is 10.9. The summed E-state index contributed by atoms with van der Waals surface area (Å²) in [7, 11) is 0. The monoisotopic (exact) mass is 473 g/mol. The van der Waals surface area contributed by atoms with Crippen molar-refractivity contribution in [3.8, 4) is 0 Å². The molecule has 0 bridgehead atoms. The van der Waals surface area contributed by atoms with Gasteiger partial charge >= 0.3 is 23.6 Å². The number of nitrogens with zero attached hydrogens (tertiary/aromatic N) is 2. The quantitative estimate of drug-likeness (QED) is 0.159. The van der Waals surface area contributed by atoms with Crippen molar-refractivity contribution in [2.75, 3.05) is 11.9 Å². The van der Waals surface area contributed by atoms with Crippen molar-refractivity contribution in [3.63, 3.8) is 0 Å². The Morgan fingerprint density at radius 3 is 2.33 bits per heavy atom. The van der Waals surface area contributed by atoms with Crippen LogP contribution in [0.3, 0.4) is 0 Å². The number of nitrogens with two attached hydrogens (primary N) is 2. The van der Waals surface area contributed by atoms with E-state index in [0.717, 1.165) is 16.8 Å². The van der Waals surface area contributed by atoms with E-state index in [9.17, 15) is 34.2 Å². The molecule has 1 aromatic rings. The predicted octanol–water partition coefficient (Wildman–Crippen LogP) is -4.05. The second-order valence-corrected chi connectivity index (χ2v) is 7.04. The molecule has 33 heavy (non-hydrogen) atoms. The lowest BCUT2D eigenvalue weighted by Crippen LogP contribution is -2.41. The summed E-state index contributed by atoms with van der Waals surface area (Å²) in [6.45, 7) is -0.712. The molecule has 0 aliphatic carbocycles. The lowest BCUT2D eigenvalue weighted by atomic mass is 10.1. The number of nitrogens with one attached hydrogen (secondary N) is 1. The Hall–Kier alpha value is -3.44. The number of hydrogen-bond acceptors (Lipinski definition) is 12. The summed E-state index contributed by atoms with van der Waals surface area (Å²) in [5.41, 5.74) is 9.51. The topological polar surface area (TPSA) is 267 Å². The van der Waals surface area contributed by atoms with E-state index in [4.69, 9.17) is 31.2 Å². The summed E-state index contributed by atoms with van der Waals surface area (Å²) < 4.78 is 11.2. The zero-order valence-electron chi connectivity index (χ0n) is 16.9. The van der Waals surface area contributed by atoms with Crippen LogP contribution in [0, 0.1) is 0 Å². The Bertz CT molecular complexity index is 967. The highest BCUT2D eigenvalue weighted by Gasteiger charge is 2.47. The highest BCUT2D eigenvalue weighted by molar-refractivity contribution is 5.93. The molecule has 0 saturated carbocycles. The molecule has 2 unspecified atom stereocenters. The maximum Gasteiger partial charge on any atom is 0.351 e. The van der Waals surface area contributed by atoms with Crippen LogP contribution in [-0.4, -0.2) is 90.8 Å². The predicted molar refractivity (Wildman–Crippen MR) is 104 cm³/mol. The SMILES string of the molecule is N[C@@H](CC(=O)Nc1ccn([C@@H]2O[C@H](CO)C(OC(=O)C[C@H](N)C(=O)O)C2O)c(=O)n1)C(=O)O. The number of esters is 1. The number of aliphatic carboxylic acids is 2. The van der Waals surface area contributed by atoms with Gasteiger partial charge in [0.25, 0.3) is 0 Å². The van der Waals surface area contributed by atoms with Crippen LogP contribution < -0.4 is 22.5 Å². The van der Waals surface area contributed by atoms with Crippen LogP contribution in [-0.2, 0) is 28.7 Å². The summed E-state index contributed by atoms with van der Waals surface area (Å²) >= 11 is 0. The van der Waals surface area contributed by atoms with Gasteiger partial charge in [-0.15, -0.1) is 0 Å². The molecule has 16 nitrogen and oxygen atoms in total. The van der Waals surface area contributed by atoms with E-state index >= 15 is 0 Å². The average molecular weight is 473 g/mol. The maximum atomic E-state index is 12.4. The van der Waals surface area contributed by atoms with Crippen molar-refractivity contribution in [2.24, 2.45) is 11.5 Å². The third kappa shape index (κ3) is 6.53. The van der Waals surface area contributed by atoms with Gasteiger partial charge in [0.2, 0.25) is 5.91 Å². The molecule has 0 aromatic carbocycles. The number of ether oxygens (including phenoxy) is 2. The van der Waals surface area contributed by atoms with Crippen molar-refractivity contribution < 1.29 is 49.1 Å². The zero-order valence-corrected chi connectivity index (χ0v) is 16.9. The maximum absolute atomic E-state index is 12.4. The molecule has 182 valence electrons. The number of carboxylic acid groups (broad SMARTS) is 2.